The number of anilines is 1. The van der Waals surface area contributed by atoms with Crippen molar-refractivity contribution in [3.63, 3.8) is 0 Å². The lowest BCUT2D eigenvalue weighted by molar-refractivity contribution is -0.111. The predicted molar refractivity (Wildman–Crippen MR) is 85.9 cm³/mol. The molecule has 0 saturated carbocycles. The molecule has 0 unspecified atom stereocenters. The summed E-state index contributed by atoms with van der Waals surface area (Å²) in [6.45, 7) is 0. The smallest absolute Gasteiger partial charge is 0.262 e. The fourth-order valence-electron chi connectivity index (χ4n) is 2.84. The van der Waals surface area contributed by atoms with Gasteiger partial charge in [-0.3, -0.25) is 4.79 Å². The van der Waals surface area contributed by atoms with Crippen molar-refractivity contribution in [2.24, 2.45) is 0 Å². The molecule has 3 aromatic heterocycles. The number of pyridine rings is 2. The second-order valence-corrected chi connectivity index (χ2v) is 5.33. The van der Waals surface area contributed by atoms with Gasteiger partial charge in [-0.25, -0.2) is 9.97 Å². The van der Waals surface area contributed by atoms with Gasteiger partial charge in [-0.05, 0) is 30.7 Å². The minimum absolute atomic E-state index is 0.0642. The molecular weight excluding hydrogens is 292 g/mol. The first kappa shape index (κ1) is 13.5. The average Bonchev–Trinajstić information content (AvgIpc) is 2.93. The molecule has 4 rings (SSSR count). The molecule has 0 fully saturated rings. The summed E-state index contributed by atoms with van der Waals surface area (Å²) < 4.78 is 1.95. The van der Waals surface area contributed by atoms with Crippen LogP contribution in [0.2, 0.25) is 0 Å². The third kappa shape index (κ3) is 2.24. The number of aliphatic hydroxyl groups excluding tert-OH is 1. The Bertz CT molecular complexity index is 928. The molecule has 0 atom stereocenters. The standard InChI is InChI=1S/C17H14N4O2/c22-12-8-7-11-16(20-14-6-2-4-10-21(11)14)15(12)17(23)19-13-5-1-3-9-18-13/h1-6,9-10,22H,7-8H2,(H,18,19,23). The second kappa shape index (κ2) is 5.24. The molecule has 6 heteroatoms. The van der Waals surface area contributed by atoms with E-state index >= 15 is 0 Å². The summed E-state index contributed by atoms with van der Waals surface area (Å²) >= 11 is 0. The van der Waals surface area contributed by atoms with Crippen LogP contribution in [0.4, 0.5) is 5.82 Å². The molecule has 3 aromatic rings. The number of imidazole rings is 1. The summed E-state index contributed by atoms with van der Waals surface area (Å²) in [5, 5.41) is 12.9. The summed E-state index contributed by atoms with van der Waals surface area (Å²) in [6.07, 6.45) is 4.58. The number of nitrogens with zero attached hydrogens (tertiary/aromatic N) is 3. The lowest BCUT2D eigenvalue weighted by Crippen LogP contribution is -2.20. The number of fused-ring (bicyclic) bond motifs is 3. The van der Waals surface area contributed by atoms with Crippen molar-refractivity contribution >= 4 is 22.9 Å². The SMILES string of the molecule is O=C(Nc1ccccn1)C1=C(O)CCc2c1nc1ccccn21. The molecule has 0 saturated heterocycles. The van der Waals surface area contributed by atoms with Crippen molar-refractivity contribution in [3.05, 3.63) is 65.9 Å². The fourth-order valence-corrected chi connectivity index (χ4v) is 2.84. The summed E-state index contributed by atoms with van der Waals surface area (Å²) in [4.78, 5) is 21.2. The van der Waals surface area contributed by atoms with Crippen LogP contribution in [0.1, 0.15) is 17.8 Å². The van der Waals surface area contributed by atoms with E-state index in [0.29, 0.717) is 24.4 Å². The van der Waals surface area contributed by atoms with Crippen LogP contribution in [0.15, 0.2) is 54.6 Å². The number of allylic oxidation sites excluding steroid dienone is 1. The Kier molecular flexibility index (Phi) is 3.08. The van der Waals surface area contributed by atoms with Crippen molar-refractivity contribution in [2.45, 2.75) is 12.8 Å². The van der Waals surface area contributed by atoms with E-state index in [-0.39, 0.29) is 11.3 Å². The van der Waals surface area contributed by atoms with Crippen molar-refractivity contribution < 1.29 is 9.90 Å². The lowest BCUT2D eigenvalue weighted by Gasteiger charge is -2.16. The molecule has 1 aliphatic carbocycles. The molecular formula is C17H14N4O2. The third-order valence-electron chi connectivity index (χ3n) is 3.89. The Morgan fingerprint density at radius 2 is 2.04 bits per heavy atom. The van der Waals surface area contributed by atoms with E-state index < -0.39 is 5.91 Å². The van der Waals surface area contributed by atoms with Crippen LogP contribution in [0, 0.1) is 0 Å². The molecule has 0 radical (unpaired) electrons. The Balaban J connectivity index is 1.78. The number of aryl methyl sites for hydroxylation is 1. The van der Waals surface area contributed by atoms with Crippen LogP contribution < -0.4 is 5.32 Å². The molecule has 0 spiro atoms. The highest BCUT2D eigenvalue weighted by Gasteiger charge is 2.28. The molecule has 2 N–H and O–H groups in total. The molecule has 6 nitrogen and oxygen atoms in total. The van der Waals surface area contributed by atoms with E-state index in [1.54, 1.807) is 24.4 Å². The van der Waals surface area contributed by atoms with E-state index in [9.17, 15) is 9.90 Å². The van der Waals surface area contributed by atoms with Crippen LogP contribution in [0.3, 0.4) is 0 Å². The van der Waals surface area contributed by atoms with Crippen LogP contribution >= 0.6 is 0 Å². The third-order valence-corrected chi connectivity index (χ3v) is 3.89. The van der Waals surface area contributed by atoms with Crippen LogP contribution in [-0.4, -0.2) is 25.4 Å². The van der Waals surface area contributed by atoms with Gasteiger partial charge in [-0.1, -0.05) is 12.1 Å². The van der Waals surface area contributed by atoms with Crippen molar-refractivity contribution in [1.82, 2.24) is 14.4 Å². The van der Waals surface area contributed by atoms with Crippen molar-refractivity contribution in [3.8, 4) is 0 Å². The molecule has 1 amide bonds. The highest BCUT2D eigenvalue weighted by molar-refractivity contribution is 6.25. The number of aromatic nitrogens is 3. The molecule has 0 bridgehead atoms. The number of carbonyl (C=O) groups is 1. The summed E-state index contributed by atoms with van der Waals surface area (Å²) in [7, 11) is 0. The Morgan fingerprint density at radius 3 is 2.87 bits per heavy atom. The zero-order valence-electron chi connectivity index (χ0n) is 12.2. The number of nitrogens with one attached hydrogen (secondary N) is 1. The van der Waals surface area contributed by atoms with Gasteiger partial charge in [0.2, 0.25) is 0 Å². The number of carbonyl (C=O) groups excluding carboxylic acids is 1. The summed E-state index contributed by atoms with van der Waals surface area (Å²) in [5.74, 6) is 0.105. The molecule has 0 aromatic carbocycles. The first-order valence-electron chi connectivity index (χ1n) is 7.35. The maximum atomic E-state index is 12.6. The van der Waals surface area contributed by atoms with E-state index in [2.05, 4.69) is 15.3 Å². The fraction of sp³-hybridized carbons (Fsp3) is 0.118. The van der Waals surface area contributed by atoms with Crippen molar-refractivity contribution in [2.75, 3.05) is 5.32 Å². The Labute approximate surface area is 132 Å². The summed E-state index contributed by atoms with van der Waals surface area (Å²) in [6, 6.07) is 10.9. The van der Waals surface area contributed by atoms with Gasteiger partial charge in [-0.2, -0.15) is 0 Å². The van der Waals surface area contributed by atoms with E-state index in [1.165, 1.54) is 0 Å². The number of aliphatic hydroxyl groups is 1. The highest BCUT2D eigenvalue weighted by Crippen LogP contribution is 2.31. The molecule has 0 aliphatic heterocycles. The minimum atomic E-state index is -0.398. The predicted octanol–water partition coefficient (Wildman–Crippen LogP) is 2.58. The molecule has 3 heterocycles. The molecule has 114 valence electrons. The van der Waals surface area contributed by atoms with Gasteiger partial charge in [0.1, 0.15) is 28.5 Å². The Morgan fingerprint density at radius 1 is 1.17 bits per heavy atom. The Hall–Kier alpha value is -3.15. The van der Waals surface area contributed by atoms with Gasteiger partial charge in [0.05, 0.1) is 5.69 Å². The van der Waals surface area contributed by atoms with Crippen molar-refractivity contribution in [1.29, 1.82) is 0 Å². The first-order valence-corrected chi connectivity index (χ1v) is 7.35. The van der Waals surface area contributed by atoms with Gasteiger partial charge in [-0.15, -0.1) is 0 Å². The zero-order valence-corrected chi connectivity index (χ0v) is 12.2. The average molecular weight is 306 g/mol. The van der Waals surface area contributed by atoms with E-state index in [0.717, 1.165) is 11.3 Å². The molecule has 23 heavy (non-hydrogen) atoms. The minimum Gasteiger partial charge on any atom is -0.511 e. The van der Waals surface area contributed by atoms with Crippen LogP contribution in [0.25, 0.3) is 11.2 Å². The number of amides is 1. The van der Waals surface area contributed by atoms with E-state index in [4.69, 9.17) is 0 Å². The zero-order chi connectivity index (χ0) is 15.8. The first-order chi connectivity index (χ1) is 11.2. The quantitative estimate of drug-likeness (QED) is 0.762. The number of rotatable bonds is 2. The highest BCUT2D eigenvalue weighted by atomic mass is 16.3. The summed E-state index contributed by atoms with van der Waals surface area (Å²) in [5.41, 5.74) is 2.45. The number of hydrogen-bond acceptors (Lipinski definition) is 4. The van der Waals surface area contributed by atoms with Gasteiger partial charge in [0.25, 0.3) is 5.91 Å². The monoisotopic (exact) mass is 306 g/mol. The lowest BCUT2D eigenvalue weighted by atomic mass is 9.97. The largest absolute Gasteiger partial charge is 0.511 e. The van der Waals surface area contributed by atoms with Gasteiger partial charge < -0.3 is 14.8 Å². The van der Waals surface area contributed by atoms with Gasteiger partial charge >= 0.3 is 0 Å². The van der Waals surface area contributed by atoms with Gasteiger partial charge in [0, 0.05) is 18.8 Å². The number of hydrogen-bond donors (Lipinski definition) is 2. The maximum Gasteiger partial charge on any atom is 0.262 e. The topological polar surface area (TPSA) is 79.5 Å². The normalized spacial score (nSPS) is 13.9. The van der Waals surface area contributed by atoms with Crippen LogP contribution in [-0.2, 0) is 11.2 Å². The maximum absolute atomic E-state index is 12.6. The molecule has 1 aliphatic rings. The second-order valence-electron chi connectivity index (χ2n) is 5.33. The van der Waals surface area contributed by atoms with Gasteiger partial charge in [0.15, 0.2) is 0 Å². The van der Waals surface area contributed by atoms with E-state index in [1.807, 2.05) is 28.8 Å². The van der Waals surface area contributed by atoms with Crippen LogP contribution in [0.5, 0.6) is 0 Å².